The Morgan fingerprint density at radius 2 is 2.00 bits per heavy atom. The molecule has 1 N–H and O–H groups in total. The van der Waals surface area contributed by atoms with E-state index in [0.29, 0.717) is 13.0 Å². The number of nitrogens with zero attached hydrogens (tertiary/aromatic N) is 1. The van der Waals surface area contributed by atoms with Gasteiger partial charge in [0.15, 0.2) is 0 Å². The first-order chi connectivity index (χ1) is 7.15. The van der Waals surface area contributed by atoms with Gasteiger partial charge in [-0.05, 0) is 6.92 Å². The third-order valence-corrected chi connectivity index (χ3v) is 3.02. The summed E-state index contributed by atoms with van der Waals surface area (Å²) in [4.78, 5) is 24.1. The van der Waals surface area contributed by atoms with Gasteiger partial charge in [0.2, 0.25) is 11.8 Å². The second-order valence-electron chi connectivity index (χ2n) is 3.94. The Hall–Kier alpha value is -0.940. The number of aliphatic hydroxyl groups excluding tert-OH is 1. The van der Waals surface area contributed by atoms with Crippen LogP contribution >= 0.6 is 0 Å². The number of aliphatic hydroxyl groups is 1. The third kappa shape index (κ3) is 1.66. The van der Waals surface area contributed by atoms with Crippen molar-refractivity contribution in [3.05, 3.63) is 0 Å². The monoisotopic (exact) mass is 213 g/mol. The summed E-state index contributed by atoms with van der Waals surface area (Å²) in [6.07, 6.45) is 0.237. The van der Waals surface area contributed by atoms with E-state index in [4.69, 9.17) is 4.74 Å². The highest BCUT2D eigenvalue weighted by Crippen LogP contribution is 2.32. The molecule has 1 aliphatic carbocycles. The number of carbonyl (C=O) groups excluding carboxylic acids is 2. The molecule has 0 bridgehead atoms. The third-order valence-electron chi connectivity index (χ3n) is 3.02. The molecule has 1 aliphatic heterocycles. The van der Waals surface area contributed by atoms with Crippen LogP contribution < -0.4 is 0 Å². The number of hydrogen-bond donors (Lipinski definition) is 1. The zero-order valence-corrected chi connectivity index (χ0v) is 8.68. The highest BCUT2D eigenvalue weighted by Gasteiger charge is 2.50. The van der Waals surface area contributed by atoms with Gasteiger partial charge >= 0.3 is 0 Å². The molecule has 0 aromatic carbocycles. The molecule has 0 aromatic heterocycles. The minimum absolute atomic E-state index is 0.184. The smallest absolute Gasteiger partial charge is 0.230 e. The summed E-state index contributed by atoms with van der Waals surface area (Å²) in [6, 6.07) is -0.451. The molecule has 1 saturated heterocycles. The number of amides is 2. The first kappa shape index (κ1) is 10.6. The Morgan fingerprint density at radius 3 is 2.47 bits per heavy atom. The second kappa shape index (κ2) is 3.90. The van der Waals surface area contributed by atoms with Gasteiger partial charge in [-0.25, -0.2) is 0 Å². The Kier molecular flexibility index (Phi) is 2.75. The number of imide groups is 1. The zero-order valence-electron chi connectivity index (χ0n) is 8.68. The second-order valence-corrected chi connectivity index (χ2v) is 3.94. The number of carbonyl (C=O) groups is 2. The standard InChI is InChI=1S/C10H15NO4/c1-2-15-7-5-6(12)10(7)11-8(13)3-4-9(11)14/h6-7,10,12H,2-5H2,1H3/t6-,7+,10+/m0/s1. The van der Waals surface area contributed by atoms with E-state index in [1.807, 2.05) is 6.92 Å². The molecule has 2 fully saturated rings. The van der Waals surface area contributed by atoms with Gasteiger partial charge < -0.3 is 9.84 Å². The van der Waals surface area contributed by atoms with Crippen LogP contribution in [0.15, 0.2) is 0 Å². The zero-order chi connectivity index (χ0) is 11.0. The lowest BCUT2D eigenvalue weighted by molar-refractivity contribution is -0.168. The average Bonchev–Trinajstić information content (AvgIpc) is 2.49. The molecule has 0 aromatic rings. The molecular weight excluding hydrogens is 198 g/mol. The highest BCUT2D eigenvalue weighted by atomic mass is 16.5. The minimum atomic E-state index is -0.618. The molecule has 2 rings (SSSR count). The summed E-state index contributed by atoms with van der Waals surface area (Å²) < 4.78 is 5.36. The van der Waals surface area contributed by atoms with Crippen molar-refractivity contribution in [3.8, 4) is 0 Å². The van der Waals surface area contributed by atoms with Crippen molar-refractivity contribution >= 4 is 11.8 Å². The van der Waals surface area contributed by atoms with Crippen LogP contribution in [0.1, 0.15) is 26.2 Å². The van der Waals surface area contributed by atoms with Crippen molar-refractivity contribution in [3.63, 3.8) is 0 Å². The molecular formula is C10H15NO4. The van der Waals surface area contributed by atoms with Crippen molar-refractivity contribution in [1.29, 1.82) is 0 Å². The molecule has 1 saturated carbocycles. The molecule has 0 radical (unpaired) electrons. The molecule has 3 atom stereocenters. The Morgan fingerprint density at radius 1 is 1.40 bits per heavy atom. The van der Waals surface area contributed by atoms with Crippen LogP contribution in [0.3, 0.4) is 0 Å². The Labute approximate surface area is 88.0 Å². The van der Waals surface area contributed by atoms with Crippen molar-refractivity contribution in [2.24, 2.45) is 0 Å². The normalized spacial score (nSPS) is 35.9. The first-order valence-electron chi connectivity index (χ1n) is 5.29. The van der Waals surface area contributed by atoms with E-state index >= 15 is 0 Å². The summed E-state index contributed by atoms with van der Waals surface area (Å²) in [6.45, 7) is 2.39. The lowest BCUT2D eigenvalue weighted by Gasteiger charge is -2.45. The maximum atomic E-state index is 11.5. The van der Waals surface area contributed by atoms with Crippen LogP contribution in [-0.4, -0.2) is 46.7 Å². The number of ether oxygens (including phenoxy) is 1. The van der Waals surface area contributed by atoms with Crippen molar-refractivity contribution in [2.75, 3.05) is 6.61 Å². The van der Waals surface area contributed by atoms with Gasteiger partial charge in [-0.2, -0.15) is 0 Å². The summed E-state index contributed by atoms with van der Waals surface area (Å²) in [5.41, 5.74) is 0. The molecule has 5 heteroatoms. The van der Waals surface area contributed by atoms with Crippen molar-refractivity contribution in [2.45, 2.75) is 44.4 Å². The molecule has 2 aliphatic rings. The van der Waals surface area contributed by atoms with E-state index in [2.05, 4.69) is 0 Å². The van der Waals surface area contributed by atoms with Crippen LogP contribution in [0, 0.1) is 0 Å². The van der Waals surface area contributed by atoms with Crippen LogP contribution in [0.4, 0.5) is 0 Å². The predicted octanol–water partition coefficient (Wildman–Crippen LogP) is -0.326. The van der Waals surface area contributed by atoms with Gasteiger partial charge in [0.05, 0.1) is 18.2 Å². The van der Waals surface area contributed by atoms with Gasteiger partial charge in [-0.3, -0.25) is 14.5 Å². The van der Waals surface area contributed by atoms with Gasteiger partial charge in [0, 0.05) is 25.9 Å². The maximum absolute atomic E-state index is 11.5. The molecule has 0 spiro atoms. The molecule has 15 heavy (non-hydrogen) atoms. The highest BCUT2D eigenvalue weighted by molar-refractivity contribution is 6.02. The van der Waals surface area contributed by atoms with Crippen molar-refractivity contribution in [1.82, 2.24) is 4.90 Å². The number of likely N-dealkylation sites (tertiary alicyclic amines) is 1. The summed E-state index contributed by atoms with van der Waals surface area (Å²) in [5, 5.41) is 9.57. The quantitative estimate of drug-likeness (QED) is 0.652. The van der Waals surface area contributed by atoms with Gasteiger partial charge in [0.1, 0.15) is 0 Å². The number of rotatable bonds is 3. The fourth-order valence-corrected chi connectivity index (χ4v) is 2.21. The average molecular weight is 213 g/mol. The van der Waals surface area contributed by atoms with E-state index < -0.39 is 12.1 Å². The lowest BCUT2D eigenvalue weighted by atomic mass is 9.84. The molecule has 5 nitrogen and oxygen atoms in total. The Balaban J connectivity index is 2.07. The first-order valence-corrected chi connectivity index (χ1v) is 5.29. The lowest BCUT2D eigenvalue weighted by Crippen LogP contribution is -2.62. The van der Waals surface area contributed by atoms with E-state index in [0.717, 1.165) is 0 Å². The molecule has 84 valence electrons. The van der Waals surface area contributed by atoms with E-state index in [9.17, 15) is 14.7 Å². The molecule has 1 heterocycles. The van der Waals surface area contributed by atoms with Gasteiger partial charge in [-0.1, -0.05) is 0 Å². The Bertz CT molecular complexity index is 273. The summed E-state index contributed by atoms with van der Waals surface area (Å²) >= 11 is 0. The largest absolute Gasteiger partial charge is 0.391 e. The fraction of sp³-hybridized carbons (Fsp3) is 0.800. The van der Waals surface area contributed by atoms with Crippen LogP contribution in [0.2, 0.25) is 0 Å². The van der Waals surface area contributed by atoms with Gasteiger partial charge in [-0.15, -0.1) is 0 Å². The van der Waals surface area contributed by atoms with E-state index in [1.165, 1.54) is 4.90 Å². The predicted molar refractivity (Wildman–Crippen MR) is 50.9 cm³/mol. The minimum Gasteiger partial charge on any atom is -0.391 e. The molecule has 2 amide bonds. The van der Waals surface area contributed by atoms with Crippen LogP contribution in [0.5, 0.6) is 0 Å². The SMILES string of the molecule is CCO[C@@H]1C[C@H](O)[C@H]1N1C(=O)CCC1=O. The van der Waals surface area contributed by atoms with Crippen LogP contribution in [0.25, 0.3) is 0 Å². The summed E-state index contributed by atoms with van der Waals surface area (Å²) in [5.74, 6) is -0.373. The van der Waals surface area contributed by atoms with Gasteiger partial charge in [0.25, 0.3) is 0 Å². The van der Waals surface area contributed by atoms with E-state index in [1.54, 1.807) is 0 Å². The fourth-order valence-electron chi connectivity index (χ4n) is 2.21. The summed E-state index contributed by atoms with van der Waals surface area (Å²) in [7, 11) is 0. The number of hydrogen-bond acceptors (Lipinski definition) is 4. The van der Waals surface area contributed by atoms with Crippen LogP contribution in [-0.2, 0) is 14.3 Å². The molecule has 0 unspecified atom stereocenters. The van der Waals surface area contributed by atoms with Crippen molar-refractivity contribution < 1.29 is 19.4 Å². The topological polar surface area (TPSA) is 66.8 Å². The maximum Gasteiger partial charge on any atom is 0.230 e. The van der Waals surface area contributed by atoms with E-state index in [-0.39, 0.29) is 30.8 Å².